The minimum Gasteiger partial charge on any atom is -0.149 e. The van der Waals surface area contributed by atoms with Gasteiger partial charge in [-0.1, -0.05) is 50.1 Å². The lowest BCUT2D eigenvalue weighted by molar-refractivity contribution is 0.596. The average Bonchev–Trinajstić information content (AvgIpc) is 2.81. The predicted octanol–water partition coefficient (Wildman–Crippen LogP) is 5.31. The van der Waals surface area contributed by atoms with Crippen molar-refractivity contribution in [1.82, 2.24) is 0 Å². The summed E-state index contributed by atoms with van der Waals surface area (Å²) in [5.41, 5.74) is 1.40. The minimum absolute atomic E-state index is 0.669. The van der Waals surface area contributed by atoms with Crippen molar-refractivity contribution in [3.05, 3.63) is 56.7 Å². The van der Waals surface area contributed by atoms with E-state index in [1.54, 1.807) is 0 Å². The molecule has 0 aliphatic carbocycles. The zero-order chi connectivity index (χ0) is 12.1. The van der Waals surface area contributed by atoms with Gasteiger partial charge in [0.1, 0.15) is 0 Å². The van der Waals surface area contributed by atoms with Gasteiger partial charge in [-0.25, -0.2) is 0 Å². The number of hydrogen-bond acceptors (Lipinski definition) is 1. The van der Waals surface area contributed by atoms with Gasteiger partial charge in [-0.3, -0.25) is 0 Å². The fourth-order valence-corrected chi connectivity index (χ4v) is 3.62. The fraction of sp³-hybridized carbons (Fsp3) is 0.286. The molecule has 0 bridgehead atoms. The first-order valence-corrected chi connectivity index (χ1v) is 8.40. The lowest BCUT2D eigenvalue weighted by Crippen LogP contribution is -2.09. The number of alkyl halides is 1. The number of rotatable bonds is 5. The average molecular weight is 374 g/mol. The highest BCUT2D eigenvalue weighted by molar-refractivity contribution is 9.10. The van der Waals surface area contributed by atoms with E-state index in [1.807, 2.05) is 11.3 Å². The second-order valence-corrected chi connectivity index (χ2v) is 6.73. The van der Waals surface area contributed by atoms with E-state index in [4.69, 9.17) is 0 Å². The van der Waals surface area contributed by atoms with Gasteiger partial charge in [0.25, 0.3) is 0 Å². The van der Waals surface area contributed by atoms with E-state index in [1.165, 1.54) is 14.9 Å². The van der Waals surface area contributed by atoms with Gasteiger partial charge >= 0.3 is 0 Å². The molecule has 90 valence electrons. The SMILES string of the molecule is BrCC(Cc1cccc(Br)c1)Cc1cccs1. The second kappa shape index (κ2) is 6.72. The van der Waals surface area contributed by atoms with Crippen LogP contribution in [0.2, 0.25) is 0 Å². The number of benzene rings is 1. The molecule has 2 rings (SSSR count). The van der Waals surface area contributed by atoms with Crippen molar-refractivity contribution in [3.63, 3.8) is 0 Å². The molecule has 1 aromatic carbocycles. The van der Waals surface area contributed by atoms with Gasteiger partial charge in [-0.15, -0.1) is 11.3 Å². The number of thiophene rings is 1. The predicted molar refractivity (Wildman–Crippen MR) is 83.2 cm³/mol. The zero-order valence-corrected chi connectivity index (χ0v) is 13.4. The van der Waals surface area contributed by atoms with Crippen LogP contribution in [-0.4, -0.2) is 5.33 Å². The zero-order valence-electron chi connectivity index (χ0n) is 9.40. The second-order valence-electron chi connectivity index (χ2n) is 4.14. The summed E-state index contributed by atoms with van der Waals surface area (Å²) in [5.74, 6) is 0.669. The van der Waals surface area contributed by atoms with Gasteiger partial charge in [0, 0.05) is 14.7 Å². The minimum atomic E-state index is 0.669. The molecule has 0 N–H and O–H groups in total. The van der Waals surface area contributed by atoms with Gasteiger partial charge < -0.3 is 0 Å². The molecule has 0 aliphatic heterocycles. The Labute approximate surface area is 123 Å². The Kier molecular flexibility index (Phi) is 5.26. The first-order chi connectivity index (χ1) is 8.28. The maximum absolute atomic E-state index is 3.63. The molecule has 17 heavy (non-hydrogen) atoms. The standard InChI is InChI=1S/C14H14Br2S/c15-10-12(9-14-5-2-6-17-14)7-11-3-1-4-13(16)8-11/h1-6,8,12H,7,9-10H2. The summed E-state index contributed by atoms with van der Waals surface area (Å²) in [7, 11) is 0. The fourth-order valence-electron chi connectivity index (χ4n) is 1.89. The molecular weight excluding hydrogens is 360 g/mol. The lowest BCUT2D eigenvalue weighted by atomic mass is 9.97. The van der Waals surface area contributed by atoms with Crippen molar-refractivity contribution in [1.29, 1.82) is 0 Å². The molecule has 0 saturated carbocycles. The monoisotopic (exact) mass is 372 g/mol. The molecule has 0 nitrogen and oxygen atoms in total. The van der Waals surface area contributed by atoms with Crippen molar-refractivity contribution >= 4 is 43.2 Å². The maximum Gasteiger partial charge on any atom is 0.0177 e. The van der Waals surface area contributed by atoms with E-state index in [0.29, 0.717) is 5.92 Å². The lowest BCUT2D eigenvalue weighted by Gasteiger charge is -2.13. The summed E-state index contributed by atoms with van der Waals surface area (Å²) in [4.78, 5) is 1.48. The Morgan fingerprint density at radius 1 is 1.12 bits per heavy atom. The highest BCUT2D eigenvalue weighted by atomic mass is 79.9. The Morgan fingerprint density at radius 3 is 2.65 bits per heavy atom. The quantitative estimate of drug-likeness (QED) is 0.623. The van der Waals surface area contributed by atoms with E-state index in [0.717, 1.165) is 18.2 Å². The van der Waals surface area contributed by atoms with Crippen LogP contribution >= 0.6 is 43.2 Å². The van der Waals surface area contributed by atoms with E-state index in [-0.39, 0.29) is 0 Å². The smallest absolute Gasteiger partial charge is 0.0177 e. The Morgan fingerprint density at radius 2 is 2.00 bits per heavy atom. The van der Waals surface area contributed by atoms with Gasteiger partial charge in [0.15, 0.2) is 0 Å². The van der Waals surface area contributed by atoms with E-state index in [9.17, 15) is 0 Å². The molecule has 1 heterocycles. The van der Waals surface area contributed by atoms with E-state index >= 15 is 0 Å². The van der Waals surface area contributed by atoms with Gasteiger partial charge in [-0.05, 0) is 47.9 Å². The van der Waals surface area contributed by atoms with Gasteiger partial charge in [-0.2, -0.15) is 0 Å². The number of halogens is 2. The molecule has 1 unspecified atom stereocenters. The summed E-state index contributed by atoms with van der Waals surface area (Å²) in [6.45, 7) is 0. The van der Waals surface area contributed by atoms with Crippen LogP contribution in [0, 0.1) is 5.92 Å². The third kappa shape index (κ3) is 4.23. The van der Waals surface area contributed by atoms with Crippen molar-refractivity contribution in [2.45, 2.75) is 12.8 Å². The summed E-state index contributed by atoms with van der Waals surface area (Å²) >= 11 is 9.01. The van der Waals surface area contributed by atoms with Crippen LogP contribution in [0.4, 0.5) is 0 Å². The highest BCUT2D eigenvalue weighted by Crippen LogP contribution is 2.21. The summed E-state index contributed by atoms with van der Waals surface area (Å²) in [6.07, 6.45) is 2.29. The highest BCUT2D eigenvalue weighted by Gasteiger charge is 2.10. The van der Waals surface area contributed by atoms with E-state index in [2.05, 4.69) is 73.6 Å². The number of hydrogen-bond donors (Lipinski definition) is 0. The third-order valence-corrected chi connectivity index (χ3v) is 5.01. The largest absolute Gasteiger partial charge is 0.149 e. The van der Waals surface area contributed by atoms with Crippen LogP contribution in [0.1, 0.15) is 10.4 Å². The first-order valence-electron chi connectivity index (χ1n) is 5.60. The van der Waals surface area contributed by atoms with Crippen LogP contribution < -0.4 is 0 Å². The van der Waals surface area contributed by atoms with Gasteiger partial charge in [0.2, 0.25) is 0 Å². The molecular formula is C14H14Br2S. The van der Waals surface area contributed by atoms with E-state index < -0.39 is 0 Å². The van der Waals surface area contributed by atoms with Crippen LogP contribution in [0.3, 0.4) is 0 Å². The van der Waals surface area contributed by atoms with Crippen LogP contribution in [0.5, 0.6) is 0 Å². The van der Waals surface area contributed by atoms with Crippen LogP contribution in [-0.2, 0) is 12.8 Å². The van der Waals surface area contributed by atoms with Crippen molar-refractivity contribution in [2.75, 3.05) is 5.33 Å². The molecule has 0 radical (unpaired) electrons. The Hall–Kier alpha value is -0.120. The summed E-state index contributed by atoms with van der Waals surface area (Å²) < 4.78 is 1.17. The normalized spacial score (nSPS) is 12.6. The summed E-state index contributed by atoms with van der Waals surface area (Å²) in [6, 6.07) is 13.0. The molecule has 0 amide bonds. The van der Waals surface area contributed by atoms with Crippen molar-refractivity contribution in [3.8, 4) is 0 Å². The molecule has 2 aromatic rings. The van der Waals surface area contributed by atoms with Crippen molar-refractivity contribution in [2.24, 2.45) is 5.92 Å². The van der Waals surface area contributed by atoms with Gasteiger partial charge in [0.05, 0.1) is 0 Å². The first kappa shape index (κ1) is 13.3. The summed E-state index contributed by atoms with van der Waals surface area (Å²) in [5, 5.41) is 3.21. The molecule has 0 spiro atoms. The Balaban J connectivity index is 2.00. The molecule has 1 aromatic heterocycles. The molecule has 0 aliphatic rings. The molecule has 0 fully saturated rings. The third-order valence-electron chi connectivity index (χ3n) is 2.70. The Bertz CT molecular complexity index is 451. The topological polar surface area (TPSA) is 0 Å². The van der Waals surface area contributed by atoms with Crippen LogP contribution in [0.25, 0.3) is 0 Å². The molecule has 0 saturated heterocycles. The van der Waals surface area contributed by atoms with Crippen molar-refractivity contribution < 1.29 is 0 Å². The molecule has 3 heteroatoms. The maximum atomic E-state index is 3.63. The molecule has 1 atom stereocenters. The van der Waals surface area contributed by atoms with Crippen LogP contribution in [0.15, 0.2) is 46.3 Å².